The zero-order chi connectivity index (χ0) is 8.97. The lowest BCUT2D eigenvalue weighted by Crippen LogP contribution is -2.24. The van der Waals surface area contributed by atoms with Crippen molar-refractivity contribution in [2.75, 3.05) is 6.54 Å². The molecule has 0 radical (unpaired) electrons. The third-order valence-corrected chi connectivity index (χ3v) is 1.64. The molecule has 1 aliphatic rings. The number of carbonyl (C=O) groups is 1. The minimum Gasteiger partial charge on any atom is -0.351 e. The second-order valence-corrected chi connectivity index (χ2v) is 2.42. The van der Waals surface area contributed by atoms with Crippen LogP contribution in [0.2, 0.25) is 0 Å². The van der Waals surface area contributed by atoms with Crippen LogP contribution in [-0.4, -0.2) is 24.3 Å². The van der Waals surface area contributed by atoms with Crippen LogP contribution in [0.5, 0.6) is 0 Å². The molecule has 0 aromatic carbocycles. The van der Waals surface area contributed by atoms with Crippen molar-refractivity contribution in [2.45, 2.75) is 12.8 Å². The van der Waals surface area contributed by atoms with Gasteiger partial charge >= 0.3 is 0 Å². The number of nitrogens with one attached hydrogen (secondary N) is 1. The Bertz CT molecular complexity index is 306. The highest BCUT2D eigenvalue weighted by Gasteiger charge is 2.19. The molecule has 1 rings (SSSR count). The number of carbonyl (C=O) groups excluding carboxylic acids is 3. The molecule has 62 valence electrons. The predicted molar refractivity (Wildman–Crippen MR) is 40.7 cm³/mol. The minimum atomic E-state index is -0.527. The molecule has 0 unspecified atom stereocenters. The summed E-state index contributed by atoms with van der Waals surface area (Å²) < 4.78 is 0. The van der Waals surface area contributed by atoms with E-state index in [-0.39, 0.29) is 11.1 Å². The molecule has 1 heterocycles. The van der Waals surface area contributed by atoms with Crippen LogP contribution >= 0.6 is 0 Å². The summed E-state index contributed by atoms with van der Waals surface area (Å²) in [6, 6.07) is 0. The first-order chi connectivity index (χ1) is 5.79. The summed E-state index contributed by atoms with van der Waals surface area (Å²) in [5, 5.41) is 2.47. The van der Waals surface area contributed by atoms with Gasteiger partial charge in [-0.3, -0.25) is 4.79 Å². The SMILES string of the molecule is O=C=C1CCCNC(=O)C1=C=O. The van der Waals surface area contributed by atoms with Crippen LogP contribution in [0.15, 0.2) is 11.1 Å². The van der Waals surface area contributed by atoms with Crippen molar-refractivity contribution >= 4 is 17.8 Å². The first-order valence-corrected chi connectivity index (χ1v) is 3.57. The molecule has 1 aliphatic heterocycles. The van der Waals surface area contributed by atoms with Gasteiger partial charge in [0.1, 0.15) is 17.5 Å². The minimum absolute atomic E-state index is 0.125. The molecule has 0 atom stereocenters. The fraction of sp³-hybridized carbons (Fsp3) is 0.375. The lowest BCUT2D eigenvalue weighted by atomic mass is 10.1. The topological polar surface area (TPSA) is 63.2 Å². The van der Waals surface area contributed by atoms with E-state index in [4.69, 9.17) is 0 Å². The van der Waals surface area contributed by atoms with Crippen LogP contribution in [0, 0.1) is 0 Å². The summed E-state index contributed by atoms with van der Waals surface area (Å²) in [6.07, 6.45) is 1.06. The average molecular weight is 165 g/mol. The molecule has 12 heavy (non-hydrogen) atoms. The summed E-state index contributed by atoms with van der Waals surface area (Å²) in [6.45, 7) is 0.481. The molecular weight excluding hydrogens is 158 g/mol. The Hall–Kier alpha value is -1.63. The van der Waals surface area contributed by atoms with E-state index in [1.807, 2.05) is 0 Å². The number of hydrogen-bond donors (Lipinski definition) is 1. The van der Waals surface area contributed by atoms with E-state index in [9.17, 15) is 14.4 Å². The Morgan fingerprint density at radius 2 is 2.00 bits per heavy atom. The first-order valence-electron chi connectivity index (χ1n) is 3.57. The van der Waals surface area contributed by atoms with Gasteiger partial charge in [-0.2, -0.15) is 0 Å². The van der Waals surface area contributed by atoms with Crippen LogP contribution in [0.4, 0.5) is 0 Å². The molecule has 1 N–H and O–H groups in total. The fourth-order valence-electron chi connectivity index (χ4n) is 1.03. The van der Waals surface area contributed by atoms with Crippen molar-refractivity contribution in [3.05, 3.63) is 11.1 Å². The molecule has 4 heteroatoms. The molecule has 0 saturated carbocycles. The van der Waals surface area contributed by atoms with Gasteiger partial charge in [-0.1, -0.05) is 0 Å². The Labute approximate surface area is 68.9 Å². The second-order valence-electron chi connectivity index (χ2n) is 2.42. The van der Waals surface area contributed by atoms with E-state index < -0.39 is 5.91 Å². The van der Waals surface area contributed by atoms with E-state index in [2.05, 4.69) is 5.32 Å². The van der Waals surface area contributed by atoms with Crippen molar-refractivity contribution in [1.29, 1.82) is 0 Å². The standard InChI is InChI=1S/C8H7NO3/c10-4-6-2-1-3-9-8(12)7(6)5-11/h1-3H2,(H,9,12). The summed E-state index contributed by atoms with van der Waals surface area (Å²) in [7, 11) is 0. The smallest absolute Gasteiger partial charge is 0.263 e. The quantitative estimate of drug-likeness (QED) is 0.385. The van der Waals surface area contributed by atoms with Gasteiger partial charge in [0.25, 0.3) is 5.91 Å². The van der Waals surface area contributed by atoms with Crippen LogP contribution in [-0.2, 0) is 14.4 Å². The lowest BCUT2D eigenvalue weighted by Gasteiger charge is -1.95. The van der Waals surface area contributed by atoms with Gasteiger partial charge in [0.15, 0.2) is 0 Å². The highest BCUT2D eigenvalue weighted by atomic mass is 16.2. The Morgan fingerprint density at radius 3 is 2.58 bits per heavy atom. The van der Waals surface area contributed by atoms with Crippen LogP contribution in [0.3, 0.4) is 0 Å². The first kappa shape index (κ1) is 8.47. The van der Waals surface area contributed by atoms with Crippen LogP contribution in [0.25, 0.3) is 0 Å². The van der Waals surface area contributed by atoms with Gasteiger partial charge in [-0.25, -0.2) is 9.59 Å². The fourth-order valence-corrected chi connectivity index (χ4v) is 1.03. The maximum Gasteiger partial charge on any atom is 0.263 e. The summed E-state index contributed by atoms with van der Waals surface area (Å²) in [4.78, 5) is 31.6. The summed E-state index contributed by atoms with van der Waals surface area (Å²) >= 11 is 0. The van der Waals surface area contributed by atoms with Crippen molar-refractivity contribution in [3.63, 3.8) is 0 Å². The molecule has 1 fully saturated rings. The average Bonchev–Trinajstić information content (AvgIpc) is 2.26. The largest absolute Gasteiger partial charge is 0.351 e. The van der Waals surface area contributed by atoms with Crippen molar-refractivity contribution in [2.24, 2.45) is 0 Å². The normalized spacial score (nSPS) is 17.5. The highest BCUT2D eigenvalue weighted by molar-refractivity contribution is 6.07. The van der Waals surface area contributed by atoms with E-state index in [0.29, 0.717) is 19.4 Å². The third-order valence-electron chi connectivity index (χ3n) is 1.64. The molecule has 1 amide bonds. The van der Waals surface area contributed by atoms with Gasteiger partial charge in [-0.05, 0) is 12.8 Å². The Kier molecular flexibility index (Phi) is 2.59. The van der Waals surface area contributed by atoms with E-state index in [1.165, 1.54) is 5.94 Å². The summed E-state index contributed by atoms with van der Waals surface area (Å²) in [5.41, 5.74) is -0.0810. The van der Waals surface area contributed by atoms with Crippen LogP contribution in [0.1, 0.15) is 12.8 Å². The Morgan fingerprint density at radius 1 is 1.25 bits per heavy atom. The van der Waals surface area contributed by atoms with E-state index >= 15 is 0 Å². The van der Waals surface area contributed by atoms with Gasteiger partial charge in [0.2, 0.25) is 0 Å². The molecule has 0 aromatic rings. The van der Waals surface area contributed by atoms with Crippen LogP contribution < -0.4 is 5.32 Å². The predicted octanol–water partition coefficient (Wildman–Crippen LogP) is -0.588. The number of rotatable bonds is 0. The zero-order valence-corrected chi connectivity index (χ0v) is 6.35. The molecular formula is C8H7NO3. The van der Waals surface area contributed by atoms with Crippen molar-refractivity contribution in [1.82, 2.24) is 5.32 Å². The van der Waals surface area contributed by atoms with Gasteiger partial charge in [0, 0.05) is 6.54 Å². The summed E-state index contributed by atoms with van der Waals surface area (Å²) in [5.74, 6) is 2.50. The third kappa shape index (κ3) is 1.51. The van der Waals surface area contributed by atoms with E-state index in [0.717, 1.165) is 0 Å². The molecule has 0 aliphatic carbocycles. The van der Waals surface area contributed by atoms with Gasteiger partial charge in [0.05, 0.1) is 5.57 Å². The number of amides is 1. The second kappa shape index (κ2) is 3.67. The van der Waals surface area contributed by atoms with Gasteiger partial charge in [-0.15, -0.1) is 0 Å². The van der Waals surface area contributed by atoms with Crippen molar-refractivity contribution < 1.29 is 14.4 Å². The maximum absolute atomic E-state index is 11.0. The Balaban J connectivity index is 3.09. The molecule has 0 aromatic heterocycles. The zero-order valence-electron chi connectivity index (χ0n) is 6.35. The lowest BCUT2D eigenvalue weighted by molar-refractivity contribution is -0.116. The number of hydrogen-bond acceptors (Lipinski definition) is 3. The molecule has 0 spiro atoms. The van der Waals surface area contributed by atoms with Crippen molar-refractivity contribution in [3.8, 4) is 0 Å². The van der Waals surface area contributed by atoms with Gasteiger partial charge < -0.3 is 5.32 Å². The highest BCUT2D eigenvalue weighted by Crippen LogP contribution is 2.13. The molecule has 0 bridgehead atoms. The molecule has 4 nitrogen and oxygen atoms in total. The maximum atomic E-state index is 11.0. The van der Waals surface area contributed by atoms with E-state index in [1.54, 1.807) is 5.94 Å². The molecule has 1 saturated heterocycles. The monoisotopic (exact) mass is 165 g/mol.